The van der Waals surface area contributed by atoms with Crippen LogP contribution in [0.2, 0.25) is 0 Å². The minimum Gasteiger partial charge on any atom is -0.491 e. The van der Waals surface area contributed by atoms with Gasteiger partial charge in [-0.05, 0) is 67.3 Å². The Morgan fingerprint density at radius 1 is 1.12 bits per heavy atom. The molecule has 1 aromatic carbocycles. The second-order valence-electron chi connectivity index (χ2n) is 9.85. The van der Waals surface area contributed by atoms with Crippen LogP contribution in [-0.2, 0) is 16.6 Å². The second kappa shape index (κ2) is 10.8. The average molecular weight is 460 g/mol. The Labute approximate surface area is 198 Å². The molecule has 4 nitrogen and oxygen atoms in total. The largest absolute Gasteiger partial charge is 0.491 e. The molecule has 178 valence electrons. The van der Waals surface area contributed by atoms with E-state index in [-0.39, 0.29) is 23.3 Å². The Balaban J connectivity index is 2.32. The Kier molecular flexibility index (Phi) is 8.95. The molecule has 1 unspecified atom stereocenters. The van der Waals surface area contributed by atoms with Gasteiger partial charge in [0, 0.05) is 28.6 Å². The predicted molar refractivity (Wildman–Crippen MR) is 135 cm³/mol. The number of ether oxygens (including phenoxy) is 1. The fourth-order valence-electron chi connectivity index (χ4n) is 4.03. The van der Waals surface area contributed by atoms with Gasteiger partial charge in [0.05, 0.1) is 6.10 Å². The number of aliphatic hydroxyl groups excluding tert-OH is 1. The van der Waals surface area contributed by atoms with Crippen LogP contribution in [0.4, 0.5) is 0 Å². The van der Waals surface area contributed by atoms with Crippen molar-refractivity contribution in [3.8, 4) is 5.75 Å². The predicted octanol–water partition coefficient (Wildman–Crippen LogP) is 5.94. The van der Waals surface area contributed by atoms with Crippen molar-refractivity contribution in [1.82, 2.24) is 5.32 Å². The molecule has 0 aliphatic rings. The lowest BCUT2D eigenvalue weighted by atomic mass is 9.74. The first kappa shape index (κ1) is 26.4. The molecule has 5 heteroatoms. The van der Waals surface area contributed by atoms with Crippen LogP contribution in [0, 0.1) is 19.3 Å². The van der Waals surface area contributed by atoms with Crippen LogP contribution in [0.5, 0.6) is 5.75 Å². The van der Waals surface area contributed by atoms with Gasteiger partial charge in [-0.3, -0.25) is 4.79 Å². The number of rotatable bonds is 10. The van der Waals surface area contributed by atoms with Gasteiger partial charge in [0.2, 0.25) is 5.91 Å². The van der Waals surface area contributed by atoms with Crippen LogP contribution in [0.1, 0.15) is 80.3 Å². The minimum atomic E-state index is -0.519. The van der Waals surface area contributed by atoms with Gasteiger partial charge in [-0.25, -0.2) is 0 Å². The van der Waals surface area contributed by atoms with E-state index in [1.807, 2.05) is 38.2 Å². The molecular formula is C27H41NO3S. The van der Waals surface area contributed by atoms with Gasteiger partial charge in [-0.1, -0.05) is 46.8 Å². The number of aryl methyl sites for hydroxylation is 3. The van der Waals surface area contributed by atoms with Gasteiger partial charge in [0.15, 0.2) is 0 Å². The van der Waals surface area contributed by atoms with Crippen LogP contribution in [0.25, 0.3) is 0 Å². The number of carbonyl (C=O) groups excluding carboxylic acids is 1. The van der Waals surface area contributed by atoms with Crippen molar-refractivity contribution in [3.05, 3.63) is 50.7 Å². The van der Waals surface area contributed by atoms with E-state index in [9.17, 15) is 9.90 Å². The van der Waals surface area contributed by atoms with Crippen molar-refractivity contribution >= 4 is 17.2 Å². The zero-order valence-electron chi connectivity index (χ0n) is 21.1. The Morgan fingerprint density at radius 3 is 2.31 bits per heavy atom. The molecule has 1 amide bonds. The van der Waals surface area contributed by atoms with Crippen LogP contribution in [-0.4, -0.2) is 30.8 Å². The topological polar surface area (TPSA) is 58.6 Å². The molecule has 0 spiro atoms. The van der Waals surface area contributed by atoms with E-state index >= 15 is 0 Å². The third-order valence-corrected chi connectivity index (χ3v) is 8.18. The molecule has 0 aliphatic heterocycles. The van der Waals surface area contributed by atoms with Gasteiger partial charge in [-0.2, -0.15) is 0 Å². The molecule has 2 aromatic rings. The highest BCUT2D eigenvalue weighted by Crippen LogP contribution is 2.44. The van der Waals surface area contributed by atoms with Crippen molar-refractivity contribution < 1.29 is 14.6 Å². The van der Waals surface area contributed by atoms with Crippen molar-refractivity contribution in [2.45, 2.75) is 85.7 Å². The second-order valence-corrected chi connectivity index (χ2v) is 11.0. The zero-order valence-corrected chi connectivity index (χ0v) is 21.9. The molecule has 32 heavy (non-hydrogen) atoms. The van der Waals surface area contributed by atoms with Crippen LogP contribution in [0.15, 0.2) is 24.3 Å². The first-order chi connectivity index (χ1) is 15.0. The Bertz CT molecular complexity index is 906. The summed E-state index contributed by atoms with van der Waals surface area (Å²) in [7, 11) is 1.69. The van der Waals surface area contributed by atoms with E-state index < -0.39 is 6.10 Å². The van der Waals surface area contributed by atoms with Crippen molar-refractivity contribution in [2.24, 2.45) is 5.41 Å². The molecule has 0 fully saturated rings. The lowest BCUT2D eigenvalue weighted by Gasteiger charge is -2.32. The average Bonchev–Trinajstić information content (AvgIpc) is 3.12. The van der Waals surface area contributed by atoms with Gasteiger partial charge >= 0.3 is 0 Å². The van der Waals surface area contributed by atoms with E-state index in [1.165, 1.54) is 20.9 Å². The fraction of sp³-hybridized carbons (Fsp3) is 0.593. The van der Waals surface area contributed by atoms with Gasteiger partial charge in [-0.15, -0.1) is 11.3 Å². The molecule has 1 heterocycles. The summed E-state index contributed by atoms with van der Waals surface area (Å²) in [4.78, 5) is 14.4. The highest BCUT2D eigenvalue weighted by Gasteiger charge is 2.33. The highest BCUT2D eigenvalue weighted by molar-refractivity contribution is 7.12. The molecule has 1 atom stereocenters. The number of benzene rings is 1. The summed E-state index contributed by atoms with van der Waals surface area (Å²) in [6.07, 6.45) is 2.78. The number of hydrogen-bond donors (Lipinski definition) is 2. The van der Waals surface area contributed by atoms with Crippen molar-refractivity contribution in [1.29, 1.82) is 0 Å². The maximum absolute atomic E-state index is 11.7. The Hall–Kier alpha value is -1.85. The monoisotopic (exact) mass is 459 g/mol. The lowest BCUT2D eigenvalue weighted by molar-refractivity contribution is -0.120. The molecule has 2 N–H and O–H groups in total. The SMILES string of the molecule is CCC(CC)(c1ccc(OCC(O)C(C)(C)C)c(C)c1)c1cc(C)c(CCC(=O)NC)s1. The van der Waals surface area contributed by atoms with Gasteiger partial charge < -0.3 is 15.2 Å². The molecule has 1 aromatic heterocycles. The number of hydrogen-bond acceptors (Lipinski definition) is 4. The molecule has 0 aliphatic carbocycles. The van der Waals surface area contributed by atoms with Gasteiger partial charge in [0.25, 0.3) is 0 Å². The maximum atomic E-state index is 11.7. The van der Waals surface area contributed by atoms with E-state index in [4.69, 9.17) is 4.74 Å². The minimum absolute atomic E-state index is 0.0606. The summed E-state index contributed by atoms with van der Waals surface area (Å²) >= 11 is 1.85. The Morgan fingerprint density at radius 2 is 1.78 bits per heavy atom. The normalized spacial score (nSPS) is 13.2. The third-order valence-electron chi connectivity index (χ3n) is 6.68. The molecular weight excluding hydrogens is 418 g/mol. The van der Waals surface area contributed by atoms with Gasteiger partial charge in [0.1, 0.15) is 12.4 Å². The maximum Gasteiger partial charge on any atom is 0.220 e. The summed E-state index contributed by atoms with van der Waals surface area (Å²) in [5.41, 5.74) is 3.38. The number of nitrogens with one attached hydrogen (secondary N) is 1. The van der Waals surface area contributed by atoms with Crippen LogP contribution in [0.3, 0.4) is 0 Å². The number of aliphatic hydroxyl groups is 1. The summed E-state index contributed by atoms with van der Waals surface area (Å²) in [6.45, 7) is 15.1. The smallest absolute Gasteiger partial charge is 0.220 e. The summed E-state index contributed by atoms with van der Waals surface area (Å²) in [5.74, 6) is 0.908. The first-order valence-corrected chi connectivity index (χ1v) is 12.5. The molecule has 0 saturated carbocycles. The zero-order chi connectivity index (χ0) is 24.1. The van der Waals surface area contributed by atoms with Crippen LogP contribution >= 0.6 is 11.3 Å². The number of thiophene rings is 1. The lowest BCUT2D eigenvalue weighted by Crippen LogP contribution is -2.32. The standard InChI is InChI=1S/C27H41NO3S/c1-9-27(10-2,24-16-19(4)22(32-24)13-14-25(30)28-8)20-11-12-21(18(3)15-20)31-17-23(29)26(5,6)7/h11-12,15-16,23,29H,9-10,13-14,17H2,1-8H3,(H,28,30). The fourth-order valence-corrected chi connectivity index (χ4v) is 5.56. The third kappa shape index (κ3) is 5.93. The van der Waals surface area contributed by atoms with E-state index in [0.717, 1.165) is 30.6 Å². The van der Waals surface area contributed by atoms with Crippen molar-refractivity contribution in [2.75, 3.05) is 13.7 Å². The molecule has 0 saturated heterocycles. The summed E-state index contributed by atoms with van der Waals surface area (Å²) in [6, 6.07) is 8.78. The summed E-state index contributed by atoms with van der Waals surface area (Å²) in [5, 5.41) is 13.0. The van der Waals surface area contributed by atoms with E-state index in [2.05, 4.69) is 51.2 Å². The molecule has 0 radical (unpaired) electrons. The summed E-state index contributed by atoms with van der Waals surface area (Å²) < 4.78 is 5.97. The first-order valence-electron chi connectivity index (χ1n) is 11.7. The quantitative estimate of drug-likeness (QED) is 0.462. The van der Waals surface area contributed by atoms with E-state index in [1.54, 1.807) is 7.05 Å². The number of amides is 1. The molecule has 0 bridgehead atoms. The van der Waals surface area contributed by atoms with Crippen molar-refractivity contribution in [3.63, 3.8) is 0 Å². The van der Waals surface area contributed by atoms with E-state index in [0.29, 0.717) is 6.42 Å². The highest BCUT2D eigenvalue weighted by atomic mass is 32.1. The van der Waals surface area contributed by atoms with Crippen LogP contribution < -0.4 is 10.1 Å². The number of carbonyl (C=O) groups is 1. The molecule has 2 rings (SSSR count).